The number of unbranched alkanes of at least 4 members (excludes halogenated alkanes) is 1. The maximum Gasteiger partial charge on any atom is 0.214 e. The first-order valence-electron chi connectivity index (χ1n) is 7.71. The Morgan fingerprint density at radius 1 is 1.24 bits per heavy atom. The van der Waals surface area contributed by atoms with E-state index >= 15 is 0 Å². The van der Waals surface area contributed by atoms with E-state index in [1.54, 1.807) is 7.05 Å². The SMILES string of the molecule is Cc1ccccc1CN(C)S(=O)(=O)CCCCNC1CC1. The lowest BCUT2D eigenvalue weighted by Crippen LogP contribution is -2.29. The van der Waals surface area contributed by atoms with Gasteiger partial charge in [0.15, 0.2) is 0 Å². The summed E-state index contributed by atoms with van der Waals surface area (Å²) in [6, 6.07) is 8.62. The molecule has 1 fully saturated rings. The van der Waals surface area contributed by atoms with Crippen LogP contribution >= 0.6 is 0 Å². The topological polar surface area (TPSA) is 49.4 Å². The molecule has 0 spiro atoms. The van der Waals surface area contributed by atoms with E-state index in [4.69, 9.17) is 0 Å². The molecule has 1 N–H and O–H groups in total. The van der Waals surface area contributed by atoms with E-state index in [1.165, 1.54) is 17.1 Å². The van der Waals surface area contributed by atoms with Gasteiger partial charge < -0.3 is 5.32 Å². The smallest absolute Gasteiger partial charge is 0.214 e. The lowest BCUT2D eigenvalue weighted by molar-refractivity contribution is 0.463. The van der Waals surface area contributed by atoms with Gasteiger partial charge in [0.2, 0.25) is 10.0 Å². The molecule has 2 rings (SSSR count). The van der Waals surface area contributed by atoms with Crippen molar-refractivity contribution in [2.45, 2.75) is 45.2 Å². The Hall–Kier alpha value is -0.910. The van der Waals surface area contributed by atoms with Crippen LogP contribution in [0.2, 0.25) is 0 Å². The van der Waals surface area contributed by atoms with Gasteiger partial charge in [-0.1, -0.05) is 24.3 Å². The van der Waals surface area contributed by atoms with E-state index in [0.29, 0.717) is 12.6 Å². The first-order chi connectivity index (χ1) is 9.99. The highest BCUT2D eigenvalue weighted by molar-refractivity contribution is 7.89. The van der Waals surface area contributed by atoms with Crippen molar-refractivity contribution in [1.29, 1.82) is 0 Å². The van der Waals surface area contributed by atoms with E-state index in [-0.39, 0.29) is 5.75 Å². The summed E-state index contributed by atoms with van der Waals surface area (Å²) in [5.41, 5.74) is 2.20. The van der Waals surface area contributed by atoms with Gasteiger partial charge in [0.05, 0.1) is 5.75 Å². The summed E-state index contributed by atoms with van der Waals surface area (Å²) in [6.07, 6.45) is 4.20. The number of nitrogens with zero attached hydrogens (tertiary/aromatic N) is 1. The Morgan fingerprint density at radius 3 is 2.62 bits per heavy atom. The highest BCUT2D eigenvalue weighted by Gasteiger charge is 2.20. The van der Waals surface area contributed by atoms with E-state index < -0.39 is 10.0 Å². The van der Waals surface area contributed by atoms with Crippen molar-refractivity contribution < 1.29 is 8.42 Å². The summed E-state index contributed by atoms with van der Waals surface area (Å²) in [5.74, 6) is 0.238. The average molecular weight is 310 g/mol. The molecule has 118 valence electrons. The second kappa shape index (κ2) is 7.38. The molecule has 0 amide bonds. The predicted octanol–water partition coefficient (Wildman–Crippen LogP) is 2.29. The number of hydrogen-bond donors (Lipinski definition) is 1. The zero-order valence-electron chi connectivity index (χ0n) is 13.0. The highest BCUT2D eigenvalue weighted by atomic mass is 32.2. The molecule has 1 aliphatic carbocycles. The zero-order chi connectivity index (χ0) is 15.3. The molecule has 0 heterocycles. The van der Waals surface area contributed by atoms with Crippen LogP contribution in [0, 0.1) is 6.92 Å². The lowest BCUT2D eigenvalue weighted by Gasteiger charge is -2.18. The summed E-state index contributed by atoms with van der Waals surface area (Å²) < 4.78 is 26.0. The summed E-state index contributed by atoms with van der Waals surface area (Å²) in [6.45, 7) is 3.40. The predicted molar refractivity (Wildman–Crippen MR) is 86.7 cm³/mol. The number of hydrogen-bond acceptors (Lipinski definition) is 3. The van der Waals surface area contributed by atoms with E-state index in [9.17, 15) is 8.42 Å². The van der Waals surface area contributed by atoms with Crippen LogP contribution in [0.3, 0.4) is 0 Å². The molecule has 21 heavy (non-hydrogen) atoms. The van der Waals surface area contributed by atoms with Crippen LogP contribution < -0.4 is 5.32 Å². The van der Waals surface area contributed by atoms with Crippen LogP contribution in [0.15, 0.2) is 24.3 Å². The van der Waals surface area contributed by atoms with Gasteiger partial charge in [-0.25, -0.2) is 12.7 Å². The van der Waals surface area contributed by atoms with Gasteiger partial charge in [0.25, 0.3) is 0 Å². The minimum Gasteiger partial charge on any atom is -0.314 e. The number of nitrogens with one attached hydrogen (secondary N) is 1. The number of aryl methyl sites for hydroxylation is 1. The fourth-order valence-electron chi connectivity index (χ4n) is 2.28. The Labute approximate surface area is 128 Å². The Kier molecular flexibility index (Phi) is 5.79. The van der Waals surface area contributed by atoms with Crippen molar-refractivity contribution in [2.75, 3.05) is 19.3 Å². The third-order valence-corrected chi connectivity index (χ3v) is 5.85. The first-order valence-corrected chi connectivity index (χ1v) is 9.32. The molecule has 4 nitrogen and oxygen atoms in total. The monoisotopic (exact) mass is 310 g/mol. The molecule has 0 radical (unpaired) electrons. The highest BCUT2D eigenvalue weighted by Crippen LogP contribution is 2.18. The lowest BCUT2D eigenvalue weighted by atomic mass is 10.1. The van der Waals surface area contributed by atoms with Gasteiger partial charge in [0, 0.05) is 19.6 Å². The Balaban J connectivity index is 1.76. The normalized spacial score (nSPS) is 15.6. The Morgan fingerprint density at radius 2 is 1.95 bits per heavy atom. The van der Waals surface area contributed by atoms with Crippen molar-refractivity contribution >= 4 is 10.0 Å². The van der Waals surface area contributed by atoms with Gasteiger partial charge in [-0.2, -0.15) is 0 Å². The number of sulfonamides is 1. The number of benzene rings is 1. The van der Waals surface area contributed by atoms with E-state index in [2.05, 4.69) is 5.32 Å². The molecule has 0 bridgehead atoms. The second-order valence-electron chi connectivity index (χ2n) is 5.93. The van der Waals surface area contributed by atoms with Gasteiger partial charge in [-0.05, 0) is 50.3 Å². The zero-order valence-corrected chi connectivity index (χ0v) is 13.8. The van der Waals surface area contributed by atoms with Gasteiger partial charge in [-0.15, -0.1) is 0 Å². The average Bonchev–Trinajstić information content (AvgIpc) is 3.25. The second-order valence-corrected chi connectivity index (χ2v) is 8.13. The first kappa shape index (κ1) is 16.5. The van der Waals surface area contributed by atoms with Crippen molar-refractivity contribution in [3.63, 3.8) is 0 Å². The number of rotatable bonds is 9. The summed E-state index contributed by atoms with van der Waals surface area (Å²) in [4.78, 5) is 0. The minimum absolute atomic E-state index is 0.238. The molecule has 0 unspecified atom stereocenters. The fraction of sp³-hybridized carbons (Fsp3) is 0.625. The third-order valence-electron chi connectivity index (χ3n) is 3.97. The van der Waals surface area contributed by atoms with Crippen LogP contribution in [-0.4, -0.2) is 38.1 Å². The molecule has 0 aliphatic heterocycles. The van der Waals surface area contributed by atoms with Crippen LogP contribution in [-0.2, 0) is 16.6 Å². The van der Waals surface area contributed by atoms with Gasteiger partial charge in [0.1, 0.15) is 0 Å². The molecule has 1 aromatic rings. The maximum absolute atomic E-state index is 12.3. The van der Waals surface area contributed by atoms with E-state index in [0.717, 1.165) is 30.5 Å². The molecule has 5 heteroatoms. The Bertz CT molecular complexity index is 553. The quantitative estimate of drug-likeness (QED) is 0.712. The third kappa shape index (κ3) is 5.41. The van der Waals surface area contributed by atoms with Crippen molar-refractivity contribution in [3.8, 4) is 0 Å². The minimum atomic E-state index is -3.15. The summed E-state index contributed by atoms with van der Waals surface area (Å²) >= 11 is 0. The van der Waals surface area contributed by atoms with Crippen molar-refractivity contribution in [3.05, 3.63) is 35.4 Å². The van der Waals surface area contributed by atoms with Crippen LogP contribution in [0.4, 0.5) is 0 Å². The summed E-state index contributed by atoms with van der Waals surface area (Å²) in [7, 11) is -1.48. The van der Waals surface area contributed by atoms with Gasteiger partial charge in [-0.3, -0.25) is 0 Å². The standard InChI is InChI=1S/C16H26N2O2S/c1-14-7-3-4-8-15(14)13-18(2)21(19,20)12-6-5-11-17-16-9-10-16/h3-4,7-8,16-17H,5-6,9-13H2,1-2H3. The molecule has 0 saturated heterocycles. The van der Waals surface area contributed by atoms with Gasteiger partial charge >= 0.3 is 0 Å². The molecular weight excluding hydrogens is 284 g/mol. The van der Waals surface area contributed by atoms with Crippen LogP contribution in [0.1, 0.15) is 36.8 Å². The molecule has 1 aliphatic rings. The van der Waals surface area contributed by atoms with Crippen molar-refractivity contribution in [1.82, 2.24) is 9.62 Å². The van der Waals surface area contributed by atoms with E-state index in [1.807, 2.05) is 31.2 Å². The molecule has 1 saturated carbocycles. The molecule has 1 aromatic carbocycles. The summed E-state index contributed by atoms with van der Waals surface area (Å²) in [5, 5.41) is 3.41. The fourth-order valence-corrected chi connectivity index (χ4v) is 3.50. The van der Waals surface area contributed by atoms with Crippen LogP contribution in [0.25, 0.3) is 0 Å². The van der Waals surface area contributed by atoms with Crippen molar-refractivity contribution in [2.24, 2.45) is 0 Å². The maximum atomic E-state index is 12.3. The molecular formula is C16H26N2O2S. The van der Waals surface area contributed by atoms with Crippen LogP contribution in [0.5, 0.6) is 0 Å². The molecule has 0 atom stereocenters. The molecule has 0 aromatic heterocycles. The largest absolute Gasteiger partial charge is 0.314 e.